The Hall–Kier alpha value is -1.71. The number of hydrogen-bond acceptors (Lipinski definition) is 3. The minimum Gasteiger partial charge on any atom is -0.506 e. The van der Waals surface area contributed by atoms with E-state index in [1.165, 1.54) is 5.56 Å². The fourth-order valence-corrected chi connectivity index (χ4v) is 2.44. The largest absolute Gasteiger partial charge is 0.506 e. The van der Waals surface area contributed by atoms with Gasteiger partial charge in [-0.1, -0.05) is 36.7 Å². The molecule has 0 radical (unpaired) electrons. The third-order valence-corrected chi connectivity index (χ3v) is 3.79. The van der Waals surface area contributed by atoms with E-state index in [1.807, 2.05) is 18.2 Å². The number of hydrogen-bond donors (Lipinski definition) is 2. The van der Waals surface area contributed by atoms with Gasteiger partial charge in [0, 0.05) is 12.6 Å². The fraction of sp³-hybridized carbons (Fsp3) is 0.294. The van der Waals surface area contributed by atoms with Crippen molar-refractivity contribution in [3.8, 4) is 11.5 Å². The van der Waals surface area contributed by atoms with Crippen LogP contribution in [0.15, 0.2) is 42.5 Å². The SMILES string of the molecule is CCC(NCc1ccc(O)c(Cl)c1)c1ccc(OC)cc1. The number of ether oxygens (including phenoxy) is 1. The Bertz CT molecular complexity index is 584. The lowest BCUT2D eigenvalue weighted by Crippen LogP contribution is -2.20. The molecule has 0 aliphatic rings. The maximum absolute atomic E-state index is 9.43. The van der Waals surface area contributed by atoms with Crippen LogP contribution in [0.4, 0.5) is 0 Å². The molecule has 1 unspecified atom stereocenters. The van der Waals surface area contributed by atoms with Gasteiger partial charge in [-0.25, -0.2) is 0 Å². The Labute approximate surface area is 130 Å². The summed E-state index contributed by atoms with van der Waals surface area (Å²) in [5.41, 5.74) is 2.27. The van der Waals surface area contributed by atoms with Gasteiger partial charge >= 0.3 is 0 Å². The second kappa shape index (κ2) is 7.34. The van der Waals surface area contributed by atoms with Gasteiger partial charge in [0.05, 0.1) is 12.1 Å². The number of rotatable bonds is 6. The number of phenols is 1. The molecule has 3 nitrogen and oxygen atoms in total. The topological polar surface area (TPSA) is 41.5 Å². The molecule has 2 aromatic rings. The molecule has 0 aliphatic heterocycles. The molecule has 1 atom stereocenters. The van der Waals surface area contributed by atoms with E-state index in [2.05, 4.69) is 24.4 Å². The van der Waals surface area contributed by atoms with Crippen LogP contribution in [-0.2, 0) is 6.54 Å². The van der Waals surface area contributed by atoms with Crippen LogP contribution >= 0.6 is 11.6 Å². The first-order valence-corrected chi connectivity index (χ1v) is 7.36. The smallest absolute Gasteiger partial charge is 0.134 e. The van der Waals surface area contributed by atoms with Gasteiger partial charge in [0.1, 0.15) is 11.5 Å². The summed E-state index contributed by atoms with van der Waals surface area (Å²) in [7, 11) is 1.67. The van der Waals surface area contributed by atoms with Gasteiger partial charge in [-0.05, 0) is 41.8 Å². The molecule has 0 aliphatic carbocycles. The van der Waals surface area contributed by atoms with Gasteiger partial charge < -0.3 is 15.2 Å². The maximum Gasteiger partial charge on any atom is 0.134 e. The molecule has 0 aromatic heterocycles. The van der Waals surface area contributed by atoms with E-state index >= 15 is 0 Å². The summed E-state index contributed by atoms with van der Waals surface area (Å²) in [6.07, 6.45) is 0.984. The zero-order chi connectivity index (χ0) is 15.2. The van der Waals surface area contributed by atoms with Crippen LogP contribution in [0.5, 0.6) is 11.5 Å². The van der Waals surface area contributed by atoms with Crippen molar-refractivity contribution in [2.24, 2.45) is 0 Å². The van der Waals surface area contributed by atoms with Gasteiger partial charge in [0.25, 0.3) is 0 Å². The number of aromatic hydroxyl groups is 1. The number of halogens is 1. The highest BCUT2D eigenvalue weighted by Crippen LogP contribution is 2.25. The number of phenolic OH excluding ortho intramolecular Hbond substituents is 1. The highest BCUT2D eigenvalue weighted by Gasteiger charge is 2.09. The van der Waals surface area contributed by atoms with Crippen LogP contribution in [0.1, 0.15) is 30.5 Å². The first-order chi connectivity index (χ1) is 10.1. The Morgan fingerprint density at radius 1 is 1.19 bits per heavy atom. The van der Waals surface area contributed by atoms with E-state index in [-0.39, 0.29) is 11.8 Å². The normalized spacial score (nSPS) is 12.1. The van der Waals surface area contributed by atoms with Crippen LogP contribution in [0.3, 0.4) is 0 Å². The van der Waals surface area contributed by atoms with Crippen molar-refractivity contribution in [1.29, 1.82) is 0 Å². The quantitative estimate of drug-likeness (QED) is 0.836. The van der Waals surface area contributed by atoms with Crippen LogP contribution in [0.2, 0.25) is 5.02 Å². The summed E-state index contributed by atoms with van der Waals surface area (Å²) in [6, 6.07) is 13.6. The van der Waals surface area contributed by atoms with Crippen molar-refractivity contribution in [3.63, 3.8) is 0 Å². The number of benzene rings is 2. The number of methoxy groups -OCH3 is 1. The average Bonchev–Trinajstić information content (AvgIpc) is 2.52. The van der Waals surface area contributed by atoms with Gasteiger partial charge in [-0.2, -0.15) is 0 Å². The van der Waals surface area contributed by atoms with Crippen molar-refractivity contribution in [3.05, 3.63) is 58.6 Å². The summed E-state index contributed by atoms with van der Waals surface area (Å²) >= 11 is 5.92. The van der Waals surface area contributed by atoms with Gasteiger partial charge in [0.15, 0.2) is 0 Å². The first kappa shape index (κ1) is 15.7. The van der Waals surface area contributed by atoms with E-state index in [4.69, 9.17) is 16.3 Å². The third-order valence-electron chi connectivity index (χ3n) is 3.49. The lowest BCUT2D eigenvalue weighted by atomic mass is 10.0. The Morgan fingerprint density at radius 3 is 2.48 bits per heavy atom. The van der Waals surface area contributed by atoms with Gasteiger partial charge in [0.2, 0.25) is 0 Å². The van der Waals surface area contributed by atoms with Crippen LogP contribution in [0.25, 0.3) is 0 Å². The van der Waals surface area contributed by atoms with E-state index in [0.29, 0.717) is 11.6 Å². The van der Waals surface area contributed by atoms with Gasteiger partial charge in [-0.15, -0.1) is 0 Å². The molecule has 0 saturated carbocycles. The molecule has 0 amide bonds. The predicted octanol–water partition coefficient (Wildman–Crippen LogP) is 4.30. The molecule has 2 aromatic carbocycles. The van der Waals surface area contributed by atoms with Crippen LogP contribution in [-0.4, -0.2) is 12.2 Å². The van der Waals surface area contributed by atoms with Crippen molar-refractivity contribution in [2.75, 3.05) is 7.11 Å². The first-order valence-electron chi connectivity index (χ1n) is 6.98. The third kappa shape index (κ3) is 4.13. The summed E-state index contributed by atoms with van der Waals surface area (Å²) < 4.78 is 5.18. The summed E-state index contributed by atoms with van der Waals surface area (Å²) in [6.45, 7) is 2.84. The Morgan fingerprint density at radius 2 is 1.90 bits per heavy atom. The minimum atomic E-state index is 0.114. The standard InChI is InChI=1S/C17H20ClNO2/c1-3-16(13-5-7-14(21-2)8-6-13)19-11-12-4-9-17(20)15(18)10-12/h4-10,16,19-20H,3,11H2,1-2H3. The van der Waals surface area contributed by atoms with Crippen molar-refractivity contribution in [2.45, 2.75) is 25.9 Å². The molecule has 2 rings (SSSR count). The molecule has 2 N–H and O–H groups in total. The molecule has 4 heteroatoms. The predicted molar refractivity (Wildman–Crippen MR) is 86.0 cm³/mol. The molecule has 0 bridgehead atoms. The maximum atomic E-state index is 9.43. The molecular weight excluding hydrogens is 286 g/mol. The highest BCUT2D eigenvalue weighted by atomic mass is 35.5. The van der Waals surface area contributed by atoms with E-state index in [1.54, 1.807) is 19.2 Å². The molecule has 0 fully saturated rings. The molecular formula is C17H20ClNO2. The zero-order valence-corrected chi connectivity index (χ0v) is 13.0. The van der Waals surface area contributed by atoms with Crippen molar-refractivity contribution < 1.29 is 9.84 Å². The number of nitrogens with one attached hydrogen (secondary N) is 1. The summed E-state index contributed by atoms with van der Waals surface area (Å²) in [5, 5.41) is 13.3. The van der Waals surface area contributed by atoms with Crippen molar-refractivity contribution in [1.82, 2.24) is 5.32 Å². The van der Waals surface area contributed by atoms with Gasteiger partial charge in [-0.3, -0.25) is 0 Å². The molecule has 0 spiro atoms. The average molecular weight is 306 g/mol. The lowest BCUT2D eigenvalue weighted by Gasteiger charge is -2.18. The van der Waals surface area contributed by atoms with E-state index in [9.17, 15) is 5.11 Å². The molecule has 112 valence electrons. The second-order valence-electron chi connectivity index (χ2n) is 4.90. The summed E-state index contributed by atoms with van der Waals surface area (Å²) in [4.78, 5) is 0. The molecule has 0 heterocycles. The molecule has 21 heavy (non-hydrogen) atoms. The van der Waals surface area contributed by atoms with Crippen LogP contribution in [0, 0.1) is 0 Å². The zero-order valence-electron chi connectivity index (χ0n) is 12.3. The van der Waals surface area contributed by atoms with E-state index < -0.39 is 0 Å². The molecule has 0 saturated heterocycles. The van der Waals surface area contributed by atoms with E-state index in [0.717, 1.165) is 17.7 Å². The summed E-state index contributed by atoms with van der Waals surface area (Å²) in [5.74, 6) is 0.974. The Kier molecular flexibility index (Phi) is 5.48. The van der Waals surface area contributed by atoms with Crippen molar-refractivity contribution >= 4 is 11.6 Å². The minimum absolute atomic E-state index is 0.114. The lowest BCUT2D eigenvalue weighted by molar-refractivity contribution is 0.414. The monoisotopic (exact) mass is 305 g/mol. The Balaban J connectivity index is 2.02. The second-order valence-corrected chi connectivity index (χ2v) is 5.31. The van der Waals surface area contributed by atoms with Crippen LogP contribution < -0.4 is 10.1 Å². The fourth-order valence-electron chi connectivity index (χ4n) is 2.24. The highest BCUT2D eigenvalue weighted by molar-refractivity contribution is 6.32.